The first kappa shape index (κ1) is 12.2. The van der Waals surface area contributed by atoms with Crippen LogP contribution in [0.25, 0.3) is 0 Å². The maximum atomic E-state index is 12.4. The Morgan fingerprint density at radius 3 is 2.71 bits per heavy atom. The average Bonchev–Trinajstić information content (AvgIpc) is 2.76. The van der Waals surface area contributed by atoms with Crippen LogP contribution < -0.4 is 4.90 Å². The van der Waals surface area contributed by atoms with E-state index in [1.54, 1.807) is 0 Å². The largest absolute Gasteiger partial charge is 0.417 e. The Kier molecular flexibility index (Phi) is 3.26. The topological polar surface area (TPSA) is 16.1 Å². The van der Waals surface area contributed by atoms with Crippen molar-refractivity contribution in [2.75, 3.05) is 11.4 Å². The molecule has 94 valence electrons. The summed E-state index contributed by atoms with van der Waals surface area (Å²) in [4.78, 5) is 6.03. The van der Waals surface area contributed by atoms with Gasteiger partial charge in [0.15, 0.2) is 0 Å². The molecule has 0 N–H and O–H groups in total. The van der Waals surface area contributed by atoms with Gasteiger partial charge in [-0.1, -0.05) is 6.92 Å². The minimum atomic E-state index is -4.30. The van der Waals surface area contributed by atoms with Crippen molar-refractivity contribution in [3.8, 4) is 0 Å². The second-order valence-corrected chi connectivity index (χ2v) is 4.30. The van der Waals surface area contributed by atoms with Crippen LogP contribution in [-0.4, -0.2) is 17.6 Å². The molecular weight excluding hydrogens is 229 g/mol. The third kappa shape index (κ3) is 2.53. The van der Waals surface area contributed by atoms with Gasteiger partial charge in [0.2, 0.25) is 0 Å². The molecule has 0 saturated carbocycles. The minimum Gasteiger partial charge on any atom is -0.354 e. The summed E-state index contributed by atoms with van der Waals surface area (Å²) in [6.45, 7) is 2.98. The van der Waals surface area contributed by atoms with E-state index in [4.69, 9.17) is 0 Å². The van der Waals surface area contributed by atoms with Gasteiger partial charge in [-0.25, -0.2) is 4.98 Å². The second-order valence-electron chi connectivity index (χ2n) is 4.30. The number of aromatic nitrogens is 1. The molecule has 0 bridgehead atoms. The molecule has 5 heteroatoms. The van der Waals surface area contributed by atoms with Crippen molar-refractivity contribution in [1.82, 2.24) is 4.98 Å². The molecule has 1 aromatic heterocycles. The van der Waals surface area contributed by atoms with Gasteiger partial charge < -0.3 is 4.90 Å². The number of halogens is 3. The van der Waals surface area contributed by atoms with Crippen LogP contribution in [0.15, 0.2) is 18.3 Å². The van der Waals surface area contributed by atoms with Crippen LogP contribution in [0, 0.1) is 0 Å². The lowest BCUT2D eigenvalue weighted by Gasteiger charge is -2.24. The average molecular weight is 244 g/mol. The smallest absolute Gasteiger partial charge is 0.354 e. The molecule has 1 aliphatic rings. The van der Waals surface area contributed by atoms with Crippen LogP contribution in [0.3, 0.4) is 0 Å². The lowest BCUT2D eigenvalue weighted by atomic mass is 10.2. The van der Waals surface area contributed by atoms with E-state index in [-0.39, 0.29) is 0 Å². The van der Waals surface area contributed by atoms with E-state index < -0.39 is 11.7 Å². The van der Waals surface area contributed by atoms with E-state index in [1.807, 2.05) is 0 Å². The fourth-order valence-corrected chi connectivity index (χ4v) is 2.29. The van der Waals surface area contributed by atoms with E-state index in [1.165, 1.54) is 6.07 Å². The summed E-state index contributed by atoms with van der Waals surface area (Å²) in [7, 11) is 0. The number of hydrogen-bond acceptors (Lipinski definition) is 2. The summed E-state index contributed by atoms with van der Waals surface area (Å²) >= 11 is 0. The Morgan fingerprint density at radius 2 is 2.18 bits per heavy atom. The standard InChI is InChI=1S/C12H15F3N2/c1-2-10-4-3-7-17(10)11-6-5-9(8-16-11)12(13,14)15/h5-6,8,10H,2-4,7H2,1H3. The third-order valence-corrected chi connectivity index (χ3v) is 3.22. The number of rotatable bonds is 2. The Morgan fingerprint density at radius 1 is 1.41 bits per heavy atom. The molecule has 1 atom stereocenters. The highest BCUT2D eigenvalue weighted by molar-refractivity contribution is 5.42. The van der Waals surface area contributed by atoms with Gasteiger partial charge in [-0.2, -0.15) is 13.2 Å². The fraction of sp³-hybridized carbons (Fsp3) is 0.583. The molecule has 0 spiro atoms. The van der Waals surface area contributed by atoms with E-state index >= 15 is 0 Å². The maximum absolute atomic E-state index is 12.4. The van der Waals surface area contributed by atoms with Gasteiger partial charge in [0.1, 0.15) is 5.82 Å². The Hall–Kier alpha value is -1.26. The quantitative estimate of drug-likeness (QED) is 0.791. The highest BCUT2D eigenvalue weighted by Gasteiger charge is 2.31. The van der Waals surface area contributed by atoms with E-state index in [0.29, 0.717) is 11.9 Å². The van der Waals surface area contributed by atoms with Gasteiger partial charge in [-0.15, -0.1) is 0 Å². The van der Waals surface area contributed by atoms with Crippen molar-refractivity contribution in [2.45, 2.75) is 38.4 Å². The maximum Gasteiger partial charge on any atom is 0.417 e. The summed E-state index contributed by atoms with van der Waals surface area (Å²) in [5, 5.41) is 0. The molecular formula is C12H15F3N2. The predicted octanol–water partition coefficient (Wildman–Crippen LogP) is 3.48. The predicted molar refractivity (Wildman–Crippen MR) is 59.9 cm³/mol. The summed E-state index contributed by atoms with van der Waals surface area (Å²) in [5.41, 5.74) is -0.687. The molecule has 1 saturated heterocycles. The van der Waals surface area contributed by atoms with Crippen LogP contribution in [0.4, 0.5) is 19.0 Å². The molecule has 1 unspecified atom stereocenters. The highest BCUT2D eigenvalue weighted by atomic mass is 19.4. The van der Waals surface area contributed by atoms with Crippen molar-refractivity contribution >= 4 is 5.82 Å². The Bertz CT molecular complexity index is 372. The van der Waals surface area contributed by atoms with Crippen LogP contribution >= 0.6 is 0 Å². The van der Waals surface area contributed by atoms with Crippen LogP contribution in [0.5, 0.6) is 0 Å². The molecule has 0 amide bonds. The Balaban J connectivity index is 2.18. The molecule has 1 aromatic rings. The summed E-state index contributed by atoms with van der Waals surface area (Å²) < 4.78 is 37.2. The number of pyridine rings is 1. The van der Waals surface area contributed by atoms with E-state index in [0.717, 1.165) is 38.1 Å². The van der Waals surface area contributed by atoms with Crippen molar-refractivity contribution in [1.29, 1.82) is 0 Å². The first-order valence-electron chi connectivity index (χ1n) is 5.82. The SMILES string of the molecule is CCC1CCCN1c1ccc(C(F)(F)F)cn1. The molecule has 1 fully saturated rings. The minimum absolute atomic E-state index is 0.416. The number of hydrogen-bond donors (Lipinski definition) is 0. The molecule has 0 aromatic carbocycles. The highest BCUT2D eigenvalue weighted by Crippen LogP contribution is 2.31. The zero-order chi connectivity index (χ0) is 12.5. The molecule has 2 heterocycles. The number of alkyl halides is 3. The number of nitrogens with zero attached hydrogens (tertiary/aromatic N) is 2. The van der Waals surface area contributed by atoms with Gasteiger partial charge in [0.05, 0.1) is 5.56 Å². The normalized spacial score (nSPS) is 20.9. The Labute approximate surface area is 98.5 Å². The van der Waals surface area contributed by atoms with Crippen molar-refractivity contribution in [3.63, 3.8) is 0 Å². The lowest BCUT2D eigenvalue weighted by Crippen LogP contribution is -2.29. The summed E-state index contributed by atoms with van der Waals surface area (Å²) in [6, 6.07) is 2.99. The molecule has 17 heavy (non-hydrogen) atoms. The van der Waals surface area contributed by atoms with E-state index in [2.05, 4.69) is 16.8 Å². The zero-order valence-electron chi connectivity index (χ0n) is 9.67. The van der Waals surface area contributed by atoms with Gasteiger partial charge in [-0.05, 0) is 31.4 Å². The van der Waals surface area contributed by atoms with Crippen molar-refractivity contribution in [3.05, 3.63) is 23.9 Å². The van der Waals surface area contributed by atoms with Crippen LogP contribution in [-0.2, 0) is 6.18 Å². The molecule has 0 radical (unpaired) electrons. The summed E-state index contributed by atoms with van der Waals surface area (Å²) in [6.07, 6.45) is -0.204. The monoisotopic (exact) mass is 244 g/mol. The molecule has 2 nitrogen and oxygen atoms in total. The van der Waals surface area contributed by atoms with Gasteiger partial charge in [0.25, 0.3) is 0 Å². The first-order chi connectivity index (χ1) is 8.02. The number of anilines is 1. The molecule has 2 rings (SSSR count). The zero-order valence-corrected chi connectivity index (χ0v) is 9.67. The lowest BCUT2D eigenvalue weighted by molar-refractivity contribution is -0.137. The summed E-state index contributed by atoms with van der Waals surface area (Å²) in [5.74, 6) is 0.655. The van der Waals surface area contributed by atoms with Gasteiger partial charge in [0, 0.05) is 18.8 Å². The van der Waals surface area contributed by atoms with E-state index in [9.17, 15) is 13.2 Å². The molecule has 1 aliphatic heterocycles. The van der Waals surface area contributed by atoms with Crippen molar-refractivity contribution in [2.24, 2.45) is 0 Å². The third-order valence-electron chi connectivity index (χ3n) is 3.22. The van der Waals surface area contributed by atoms with Gasteiger partial charge in [-0.3, -0.25) is 0 Å². The van der Waals surface area contributed by atoms with Crippen LogP contribution in [0.2, 0.25) is 0 Å². The van der Waals surface area contributed by atoms with Crippen LogP contribution in [0.1, 0.15) is 31.7 Å². The first-order valence-corrected chi connectivity index (χ1v) is 5.82. The van der Waals surface area contributed by atoms with Crippen molar-refractivity contribution < 1.29 is 13.2 Å². The van der Waals surface area contributed by atoms with Gasteiger partial charge >= 0.3 is 6.18 Å². The fourth-order valence-electron chi connectivity index (χ4n) is 2.29. The molecule has 0 aliphatic carbocycles. The second kappa shape index (κ2) is 4.55.